The fraction of sp³-hybridized carbons (Fsp3) is 0.471. The average Bonchev–Trinajstić information content (AvgIpc) is 2.93. The summed E-state index contributed by atoms with van der Waals surface area (Å²) >= 11 is 14.2. The maximum absolute atomic E-state index is 12.5. The number of carbonyl (C=O) groups is 1. The molecule has 134 valence electrons. The third kappa shape index (κ3) is 4.84. The molecule has 4 nitrogen and oxygen atoms in total. The highest BCUT2D eigenvalue weighted by Crippen LogP contribution is 2.26. The average molecular weight is 414 g/mol. The minimum atomic E-state index is 0.183. The molecule has 25 heavy (non-hydrogen) atoms. The molecular weight excluding hydrogens is 394 g/mol. The smallest absolute Gasteiger partial charge is 0.233 e. The Bertz CT molecular complexity index is 792. The molecule has 0 bridgehead atoms. The summed E-state index contributed by atoms with van der Waals surface area (Å²) in [6.07, 6.45) is 1.20. The molecule has 1 aliphatic rings. The molecular formula is C17H20ClN3OS3. The Hall–Kier alpha value is -0.890. The number of rotatable bonds is 4. The Labute approximate surface area is 166 Å². The van der Waals surface area contributed by atoms with Crippen molar-refractivity contribution in [2.24, 2.45) is 11.8 Å². The van der Waals surface area contributed by atoms with Crippen molar-refractivity contribution in [2.75, 3.05) is 18.8 Å². The van der Waals surface area contributed by atoms with E-state index in [1.807, 2.05) is 29.2 Å². The summed E-state index contributed by atoms with van der Waals surface area (Å²) in [4.78, 5) is 14.5. The molecule has 3 rings (SSSR count). The molecule has 0 spiro atoms. The van der Waals surface area contributed by atoms with Crippen molar-refractivity contribution >= 4 is 52.8 Å². The lowest BCUT2D eigenvalue weighted by atomic mass is 9.92. The van der Waals surface area contributed by atoms with Gasteiger partial charge in [0.2, 0.25) is 5.91 Å². The number of aromatic nitrogens is 2. The van der Waals surface area contributed by atoms with E-state index >= 15 is 0 Å². The molecule has 2 atom stereocenters. The molecule has 1 aromatic heterocycles. The second-order valence-corrected chi connectivity index (χ2v) is 9.84. The number of likely N-dealkylation sites (tertiary alicyclic amines) is 1. The van der Waals surface area contributed by atoms with Gasteiger partial charge in [0.1, 0.15) is 0 Å². The third-order valence-corrected chi connectivity index (χ3v) is 6.74. The van der Waals surface area contributed by atoms with Crippen molar-refractivity contribution < 1.29 is 4.79 Å². The van der Waals surface area contributed by atoms with Gasteiger partial charge in [-0.05, 0) is 54.7 Å². The predicted octanol–water partition coefficient (Wildman–Crippen LogP) is 4.91. The number of carbonyl (C=O) groups excluding carboxylic acids is 1. The van der Waals surface area contributed by atoms with Gasteiger partial charge in [0.05, 0.1) is 11.4 Å². The summed E-state index contributed by atoms with van der Waals surface area (Å²) in [6, 6.07) is 7.39. The van der Waals surface area contributed by atoms with Gasteiger partial charge in [0, 0.05) is 18.1 Å². The third-order valence-electron chi connectivity index (χ3n) is 4.14. The van der Waals surface area contributed by atoms with E-state index in [1.54, 1.807) is 4.68 Å². The van der Waals surface area contributed by atoms with Crippen LogP contribution in [0.4, 0.5) is 0 Å². The fourth-order valence-corrected chi connectivity index (χ4v) is 5.54. The van der Waals surface area contributed by atoms with Crippen LogP contribution in [0.3, 0.4) is 0 Å². The largest absolute Gasteiger partial charge is 0.341 e. The molecule has 0 radical (unpaired) electrons. The number of thioether (sulfide) groups is 1. The second-order valence-electron chi connectivity index (χ2n) is 6.56. The van der Waals surface area contributed by atoms with Gasteiger partial charge in [-0.2, -0.15) is 0 Å². The summed E-state index contributed by atoms with van der Waals surface area (Å²) in [5.41, 5.74) is 0.877. The molecule has 0 N–H and O–H groups in total. The van der Waals surface area contributed by atoms with Crippen molar-refractivity contribution in [1.29, 1.82) is 0 Å². The zero-order valence-corrected chi connectivity index (χ0v) is 17.4. The molecule has 1 saturated heterocycles. The van der Waals surface area contributed by atoms with Gasteiger partial charge in [-0.1, -0.05) is 48.5 Å². The molecule has 1 fully saturated rings. The summed E-state index contributed by atoms with van der Waals surface area (Å²) in [5, 5.41) is 5.21. The highest BCUT2D eigenvalue weighted by Gasteiger charge is 2.25. The Morgan fingerprint density at radius 2 is 1.96 bits per heavy atom. The van der Waals surface area contributed by atoms with E-state index in [9.17, 15) is 4.79 Å². The van der Waals surface area contributed by atoms with E-state index in [4.69, 9.17) is 23.8 Å². The van der Waals surface area contributed by atoms with Gasteiger partial charge in [-0.15, -0.1) is 5.10 Å². The van der Waals surface area contributed by atoms with Crippen molar-refractivity contribution in [2.45, 2.75) is 24.6 Å². The number of benzene rings is 1. The molecule has 1 aliphatic heterocycles. The molecule has 8 heteroatoms. The monoisotopic (exact) mass is 413 g/mol. The SMILES string of the molecule is CC1CC(C)CN(C(=O)CSc2nn(-c3ccc(Cl)cc3)c(=S)s2)C1. The zero-order chi connectivity index (χ0) is 18.0. The number of piperidine rings is 1. The van der Waals surface area contributed by atoms with E-state index in [0.717, 1.165) is 23.1 Å². The lowest BCUT2D eigenvalue weighted by molar-refractivity contribution is -0.130. The highest BCUT2D eigenvalue weighted by atomic mass is 35.5. The van der Waals surface area contributed by atoms with Gasteiger partial charge in [-0.3, -0.25) is 4.79 Å². The van der Waals surface area contributed by atoms with Crippen molar-refractivity contribution in [3.8, 4) is 5.69 Å². The molecule has 1 aromatic carbocycles. The maximum atomic E-state index is 12.5. The van der Waals surface area contributed by atoms with Crippen LogP contribution in [0.1, 0.15) is 20.3 Å². The van der Waals surface area contributed by atoms with Crippen LogP contribution in [0.2, 0.25) is 5.02 Å². The fourth-order valence-electron chi connectivity index (χ4n) is 3.15. The molecule has 0 aliphatic carbocycles. The Morgan fingerprint density at radius 3 is 2.60 bits per heavy atom. The Balaban J connectivity index is 1.64. The number of amides is 1. The first-order valence-electron chi connectivity index (χ1n) is 8.19. The van der Waals surface area contributed by atoms with Gasteiger partial charge in [0.15, 0.2) is 8.29 Å². The van der Waals surface area contributed by atoms with E-state index < -0.39 is 0 Å². The standard InChI is InChI=1S/C17H20ClN3OS3/c1-11-7-12(2)9-20(8-11)15(22)10-24-16-19-21(17(23)25-16)14-5-3-13(18)4-6-14/h3-6,11-12H,7-10H2,1-2H3. The van der Waals surface area contributed by atoms with E-state index in [-0.39, 0.29) is 5.91 Å². The molecule has 2 unspecified atom stereocenters. The van der Waals surface area contributed by atoms with Crippen LogP contribution in [0.15, 0.2) is 28.6 Å². The van der Waals surface area contributed by atoms with Crippen molar-refractivity contribution in [1.82, 2.24) is 14.7 Å². The summed E-state index contributed by atoms with van der Waals surface area (Å²) < 4.78 is 3.19. The van der Waals surface area contributed by atoms with Gasteiger partial charge >= 0.3 is 0 Å². The van der Waals surface area contributed by atoms with Crippen LogP contribution in [0.25, 0.3) is 5.69 Å². The van der Waals surface area contributed by atoms with Crippen LogP contribution in [-0.4, -0.2) is 39.4 Å². The summed E-state index contributed by atoms with van der Waals surface area (Å²) in [7, 11) is 0. The minimum absolute atomic E-state index is 0.183. The summed E-state index contributed by atoms with van der Waals surface area (Å²) in [6.45, 7) is 6.14. The molecule has 2 heterocycles. The quantitative estimate of drug-likeness (QED) is 0.527. The molecule has 1 amide bonds. The van der Waals surface area contributed by atoms with E-state index in [0.29, 0.717) is 26.6 Å². The number of halogens is 1. The lowest BCUT2D eigenvalue weighted by Gasteiger charge is -2.34. The van der Waals surface area contributed by atoms with Crippen LogP contribution in [0.5, 0.6) is 0 Å². The Kier molecular flexibility index (Phi) is 6.20. The number of hydrogen-bond donors (Lipinski definition) is 0. The second kappa shape index (κ2) is 8.20. The van der Waals surface area contributed by atoms with Crippen LogP contribution >= 0.6 is 46.9 Å². The normalized spacial score (nSPS) is 20.7. The lowest BCUT2D eigenvalue weighted by Crippen LogP contribution is -2.43. The van der Waals surface area contributed by atoms with Crippen LogP contribution in [-0.2, 0) is 4.79 Å². The van der Waals surface area contributed by atoms with Gasteiger partial charge < -0.3 is 4.90 Å². The van der Waals surface area contributed by atoms with Crippen LogP contribution in [0, 0.1) is 15.8 Å². The van der Waals surface area contributed by atoms with Gasteiger partial charge in [-0.25, -0.2) is 4.68 Å². The topological polar surface area (TPSA) is 38.1 Å². The number of hydrogen-bond acceptors (Lipinski definition) is 5. The first-order chi connectivity index (χ1) is 11.9. The van der Waals surface area contributed by atoms with E-state index in [1.165, 1.54) is 29.5 Å². The molecule has 2 aromatic rings. The van der Waals surface area contributed by atoms with Crippen molar-refractivity contribution in [3.63, 3.8) is 0 Å². The maximum Gasteiger partial charge on any atom is 0.233 e. The summed E-state index contributed by atoms with van der Waals surface area (Å²) in [5.74, 6) is 1.73. The predicted molar refractivity (Wildman–Crippen MR) is 108 cm³/mol. The minimum Gasteiger partial charge on any atom is -0.341 e. The highest BCUT2D eigenvalue weighted by molar-refractivity contribution is 8.01. The van der Waals surface area contributed by atoms with E-state index in [2.05, 4.69) is 18.9 Å². The Morgan fingerprint density at radius 1 is 1.32 bits per heavy atom. The first kappa shape index (κ1) is 18.9. The van der Waals surface area contributed by atoms with Gasteiger partial charge in [0.25, 0.3) is 0 Å². The first-order valence-corrected chi connectivity index (χ1v) is 10.8. The van der Waals surface area contributed by atoms with Crippen molar-refractivity contribution in [3.05, 3.63) is 33.2 Å². The zero-order valence-electron chi connectivity index (χ0n) is 14.1. The number of nitrogens with zero attached hydrogens (tertiary/aromatic N) is 3. The molecule has 0 saturated carbocycles. The van der Waals surface area contributed by atoms with Crippen LogP contribution < -0.4 is 0 Å².